The minimum Gasteiger partial charge on any atom is -0.504 e. The minimum absolute atomic E-state index is 0.0289. The molecule has 2 heterocycles. The maximum Gasteiger partial charge on any atom is 0.303 e. The molecule has 2 aromatic carbocycles. The first-order chi connectivity index (χ1) is 23.7. The third-order valence-corrected chi connectivity index (χ3v) is 8.01. The summed E-state index contributed by atoms with van der Waals surface area (Å²) >= 11 is 5.95. The van der Waals surface area contributed by atoms with Gasteiger partial charge < -0.3 is 38.1 Å². The Morgan fingerprint density at radius 1 is 0.860 bits per heavy atom. The molecule has 15 heteroatoms. The summed E-state index contributed by atoms with van der Waals surface area (Å²) < 4.78 is 34.8. The van der Waals surface area contributed by atoms with E-state index in [1.807, 2.05) is 0 Å². The van der Waals surface area contributed by atoms with Crippen molar-refractivity contribution in [3.63, 3.8) is 0 Å². The average molecular weight is 707 g/mol. The van der Waals surface area contributed by atoms with Crippen LogP contribution in [0.5, 0.6) is 11.5 Å². The lowest BCUT2D eigenvalue weighted by Gasteiger charge is -2.45. The van der Waals surface area contributed by atoms with Gasteiger partial charge in [0.15, 0.2) is 41.8 Å². The van der Waals surface area contributed by atoms with Crippen LogP contribution < -0.4 is 4.74 Å². The van der Waals surface area contributed by atoms with E-state index in [0.717, 1.165) is 27.7 Å². The number of esters is 4. The Hall–Kier alpha value is -5.59. The molecular weight excluding hydrogens is 672 g/mol. The molecule has 1 N–H and O–H groups in total. The zero-order valence-electron chi connectivity index (χ0n) is 28.0. The van der Waals surface area contributed by atoms with Crippen LogP contribution in [0.15, 0.2) is 48.5 Å². The van der Waals surface area contributed by atoms with Gasteiger partial charge in [0.2, 0.25) is 0 Å². The van der Waals surface area contributed by atoms with Gasteiger partial charge in [0.25, 0.3) is 0 Å². The second kappa shape index (κ2) is 15.7. The molecule has 0 spiro atoms. The first kappa shape index (κ1) is 37.2. The number of nitrogens with zero attached hydrogens (tertiary/aromatic N) is 2. The first-order valence-corrected chi connectivity index (χ1v) is 15.6. The van der Waals surface area contributed by atoms with E-state index < -0.39 is 66.9 Å². The molecule has 1 saturated heterocycles. The number of benzene rings is 2. The summed E-state index contributed by atoms with van der Waals surface area (Å²) in [5, 5.41) is 21.3. The number of phenolic OH excluding ortho intramolecular Hbond substituents is 1. The molecule has 1 fully saturated rings. The molecule has 0 saturated carbocycles. The fraction of sp³-hybridized carbons (Fsp3) is 0.343. The second-order valence-corrected chi connectivity index (χ2v) is 11.5. The Morgan fingerprint density at radius 3 is 1.98 bits per heavy atom. The van der Waals surface area contributed by atoms with E-state index in [9.17, 15) is 34.3 Å². The lowest BCUT2D eigenvalue weighted by Crippen LogP contribution is -2.60. The van der Waals surface area contributed by atoms with Crippen molar-refractivity contribution < 1.29 is 57.5 Å². The highest BCUT2D eigenvalue weighted by atomic mass is 32.1. The maximum absolute atomic E-state index is 13.8. The van der Waals surface area contributed by atoms with Gasteiger partial charge in [0, 0.05) is 33.3 Å². The van der Waals surface area contributed by atoms with Crippen LogP contribution in [0.1, 0.15) is 56.8 Å². The van der Waals surface area contributed by atoms with Crippen LogP contribution in [0.4, 0.5) is 0 Å². The number of Topliss-reactive ketones (excluding diaryl/α,β-unsaturated/α-hetero) is 1. The SMILES string of the molecule is COc1ccc(-c2c(C(C)=O)c(-c3ccccc3)n(C3OC(COC(C)=O)C(OC(C)=O)C(OC(C)=O)C3OC(C)=O)c(=S)c2C#N)cc1O. The van der Waals surface area contributed by atoms with Crippen molar-refractivity contribution in [3.05, 3.63) is 64.3 Å². The Kier molecular flexibility index (Phi) is 11.7. The molecule has 5 atom stereocenters. The predicted octanol–water partition coefficient (Wildman–Crippen LogP) is 4.60. The number of aromatic nitrogens is 1. The molecule has 14 nitrogen and oxygen atoms in total. The molecule has 1 aromatic heterocycles. The second-order valence-electron chi connectivity index (χ2n) is 11.2. The minimum atomic E-state index is -1.61. The number of carbonyl (C=O) groups is 5. The van der Waals surface area contributed by atoms with Crippen molar-refractivity contribution in [2.24, 2.45) is 0 Å². The fourth-order valence-corrected chi connectivity index (χ4v) is 6.15. The molecule has 1 aliphatic heterocycles. The van der Waals surface area contributed by atoms with Gasteiger partial charge in [-0.3, -0.25) is 24.0 Å². The largest absolute Gasteiger partial charge is 0.504 e. The molecule has 1 aliphatic rings. The zero-order chi connectivity index (χ0) is 36.9. The maximum atomic E-state index is 13.8. The molecule has 5 unspecified atom stereocenters. The number of phenols is 1. The average Bonchev–Trinajstić information content (AvgIpc) is 3.04. The molecule has 0 bridgehead atoms. The first-order valence-electron chi connectivity index (χ1n) is 15.2. The summed E-state index contributed by atoms with van der Waals surface area (Å²) in [6.07, 6.45) is -7.56. The highest BCUT2D eigenvalue weighted by molar-refractivity contribution is 7.71. The topological polar surface area (TPSA) is 190 Å². The Balaban J connectivity index is 2.18. The molecule has 50 heavy (non-hydrogen) atoms. The van der Waals surface area contributed by atoms with Gasteiger partial charge in [-0.2, -0.15) is 5.26 Å². The fourth-order valence-electron chi connectivity index (χ4n) is 5.81. The number of aromatic hydroxyl groups is 1. The van der Waals surface area contributed by atoms with Gasteiger partial charge in [-0.05, 0) is 30.2 Å². The number of carbonyl (C=O) groups excluding carboxylic acids is 5. The molecular formula is C35H34N2O12S. The van der Waals surface area contributed by atoms with Crippen molar-refractivity contribution in [3.8, 4) is 40.0 Å². The predicted molar refractivity (Wildman–Crippen MR) is 176 cm³/mol. The summed E-state index contributed by atoms with van der Waals surface area (Å²) in [7, 11) is 1.37. The van der Waals surface area contributed by atoms with Gasteiger partial charge >= 0.3 is 23.9 Å². The number of hydrogen-bond donors (Lipinski definition) is 1. The lowest BCUT2D eigenvalue weighted by molar-refractivity contribution is -0.268. The smallest absolute Gasteiger partial charge is 0.303 e. The molecule has 262 valence electrons. The quantitative estimate of drug-likeness (QED) is 0.133. The van der Waals surface area contributed by atoms with E-state index in [4.69, 9.17) is 40.6 Å². The van der Waals surface area contributed by atoms with Crippen LogP contribution in [-0.2, 0) is 42.9 Å². The number of pyridine rings is 1. The van der Waals surface area contributed by atoms with Crippen molar-refractivity contribution in [1.82, 2.24) is 4.57 Å². The summed E-state index contributed by atoms with van der Waals surface area (Å²) in [4.78, 5) is 63.1. The van der Waals surface area contributed by atoms with Crippen LogP contribution in [0.25, 0.3) is 22.4 Å². The zero-order valence-corrected chi connectivity index (χ0v) is 28.8. The Labute approximate surface area is 292 Å². The van der Waals surface area contributed by atoms with Crippen LogP contribution in [0.2, 0.25) is 0 Å². The third-order valence-electron chi connectivity index (χ3n) is 7.61. The molecule has 0 amide bonds. The van der Waals surface area contributed by atoms with Crippen molar-refractivity contribution in [1.29, 1.82) is 5.26 Å². The normalized spacial score (nSPS) is 19.7. The van der Waals surface area contributed by atoms with E-state index in [1.165, 1.54) is 30.7 Å². The number of ether oxygens (including phenoxy) is 6. The van der Waals surface area contributed by atoms with Crippen LogP contribution in [-0.4, -0.2) is 77.5 Å². The molecule has 4 rings (SSSR count). The van der Waals surface area contributed by atoms with Gasteiger partial charge in [0.05, 0.1) is 23.9 Å². The number of nitriles is 1. The monoisotopic (exact) mass is 706 g/mol. The summed E-state index contributed by atoms with van der Waals surface area (Å²) in [6, 6.07) is 14.8. The number of rotatable bonds is 10. The molecule has 0 aliphatic carbocycles. The lowest BCUT2D eigenvalue weighted by atomic mass is 9.89. The number of hydrogen-bond acceptors (Lipinski definition) is 14. The Morgan fingerprint density at radius 2 is 1.46 bits per heavy atom. The number of ketones is 1. The van der Waals surface area contributed by atoms with Gasteiger partial charge in [-0.15, -0.1) is 0 Å². The van der Waals surface area contributed by atoms with Crippen LogP contribution >= 0.6 is 12.2 Å². The summed E-state index contributed by atoms with van der Waals surface area (Å²) in [5.74, 6) is -3.89. The number of methoxy groups -OCH3 is 1. The third kappa shape index (κ3) is 7.82. The van der Waals surface area contributed by atoms with Crippen molar-refractivity contribution >= 4 is 41.9 Å². The van der Waals surface area contributed by atoms with Crippen LogP contribution in [0.3, 0.4) is 0 Å². The van der Waals surface area contributed by atoms with E-state index in [1.54, 1.807) is 36.4 Å². The van der Waals surface area contributed by atoms with Crippen molar-refractivity contribution in [2.45, 2.75) is 65.3 Å². The van der Waals surface area contributed by atoms with E-state index in [-0.39, 0.29) is 44.1 Å². The summed E-state index contributed by atoms with van der Waals surface area (Å²) in [5.41, 5.74) is 0.625. The summed E-state index contributed by atoms with van der Waals surface area (Å²) in [6.45, 7) is 5.17. The Bertz CT molecular complexity index is 1930. The van der Waals surface area contributed by atoms with Gasteiger partial charge in [0.1, 0.15) is 23.4 Å². The standard InChI is InChI=1S/C35H34N2O12S/c1-17(38)28-29(23-12-13-26(44-6)25(43)14-23)24(15-36)35(50)37(30(28)22-10-8-7-9-11-22)34-33(48-21(5)42)32(47-20(4)41)31(46-19(3)40)27(49-34)16-45-18(2)39/h7-14,27,31-34,43H,16H2,1-6H3. The highest BCUT2D eigenvalue weighted by Crippen LogP contribution is 2.44. The highest BCUT2D eigenvalue weighted by Gasteiger charge is 2.53. The molecule has 0 radical (unpaired) electrons. The van der Waals surface area contributed by atoms with Gasteiger partial charge in [-0.25, -0.2) is 0 Å². The van der Waals surface area contributed by atoms with Crippen LogP contribution in [0, 0.1) is 16.0 Å². The van der Waals surface area contributed by atoms with E-state index in [2.05, 4.69) is 6.07 Å². The van der Waals surface area contributed by atoms with E-state index >= 15 is 0 Å². The van der Waals surface area contributed by atoms with E-state index in [0.29, 0.717) is 5.56 Å². The van der Waals surface area contributed by atoms with Gasteiger partial charge in [-0.1, -0.05) is 48.6 Å². The van der Waals surface area contributed by atoms with Crippen molar-refractivity contribution in [2.75, 3.05) is 13.7 Å². The molecule has 3 aromatic rings.